The molecule has 0 fully saturated rings. The van der Waals surface area contributed by atoms with Gasteiger partial charge < -0.3 is 10.6 Å². The van der Waals surface area contributed by atoms with Crippen molar-refractivity contribution in [2.75, 3.05) is 20.1 Å². The van der Waals surface area contributed by atoms with Gasteiger partial charge in [0.2, 0.25) is 0 Å². The van der Waals surface area contributed by atoms with E-state index in [0.717, 1.165) is 30.5 Å². The number of rotatable bonds is 4. The van der Waals surface area contributed by atoms with E-state index in [9.17, 15) is 4.79 Å². The molecule has 1 aromatic rings. The molecule has 0 saturated carbocycles. The van der Waals surface area contributed by atoms with E-state index in [1.54, 1.807) is 4.90 Å². The maximum Gasteiger partial charge on any atom is 0.253 e. The van der Waals surface area contributed by atoms with E-state index in [1.165, 1.54) is 0 Å². The Morgan fingerprint density at radius 1 is 1.37 bits per heavy atom. The lowest BCUT2D eigenvalue weighted by Crippen LogP contribution is -2.27. The van der Waals surface area contributed by atoms with Crippen LogP contribution in [0.4, 0.5) is 0 Å². The smallest absolute Gasteiger partial charge is 0.253 e. The van der Waals surface area contributed by atoms with Crippen LogP contribution < -0.4 is 5.73 Å². The molecular weight excluding hydrogens is 236 g/mol. The summed E-state index contributed by atoms with van der Waals surface area (Å²) >= 11 is 0. The maximum atomic E-state index is 12.3. The zero-order valence-corrected chi connectivity index (χ0v) is 12.0. The summed E-state index contributed by atoms with van der Waals surface area (Å²) in [6, 6.07) is 5.70. The summed E-state index contributed by atoms with van der Waals surface area (Å²) in [5.41, 5.74) is 7.94. The second-order valence-corrected chi connectivity index (χ2v) is 4.67. The average molecular weight is 258 g/mol. The molecule has 1 rings (SSSR count). The molecule has 0 atom stereocenters. The Labute approximate surface area is 115 Å². The topological polar surface area (TPSA) is 46.3 Å². The van der Waals surface area contributed by atoms with Gasteiger partial charge in [0.15, 0.2) is 0 Å². The molecule has 0 unspecified atom stereocenters. The molecule has 0 radical (unpaired) electrons. The SMILES string of the molecule is CCCCN(C)C(=O)c1cc(C)cc(C#CCN)c1. The normalized spacial score (nSPS) is 9.68. The summed E-state index contributed by atoms with van der Waals surface area (Å²) in [7, 11) is 1.84. The van der Waals surface area contributed by atoms with Crippen LogP contribution in [-0.4, -0.2) is 30.9 Å². The monoisotopic (exact) mass is 258 g/mol. The molecule has 0 aliphatic rings. The predicted molar refractivity (Wildman–Crippen MR) is 79.0 cm³/mol. The number of nitrogens with two attached hydrogens (primary N) is 1. The van der Waals surface area contributed by atoms with Gasteiger partial charge in [-0.3, -0.25) is 4.79 Å². The molecular formula is C16H22N2O. The van der Waals surface area contributed by atoms with Gasteiger partial charge in [0.25, 0.3) is 5.91 Å². The Balaban J connectivity index is 2.93. The van der Waals surface area contributed by atoms with Gasteiger partial charge >= 0.3 is 0 Å². The Morgan fingerprint density at radius 3 is 2.74 bits per heavy atom. The molecule has 102 valence electrons. The molecule has 19 heavy (non-hydrogen) atoms. The summed E-state index contributed by atoms with van der Waals surface area (Å²) in [4.78, 5) is 14.0. The van der Waals surface area contributed by atoms with Crippen molar-refractivity contribution in [2.45, 2.75) is 26.7 Å². The molecule has 3 heteroatoms. The van der Waals surface area contributed by atoms with Crippen LogP contribution in [0.5, 0.6) is 0 Å². The Hall–Kier alpha value is -1.79. The zero-order chi connectivity index (χ0) is 14.3. The van der Waals surface area contributed by atoms with E-state index in [4.69, 9.17) is 5.73 Å². The number of nitrogens with zero attached hydrogens (tertiary/aromatic N) is 1. The van der Waals surface area contributed by atoms with E-state index in [-0.39, 0.29) is 5.91 Å². The number of hydrogen-bond donors (Lipinski definition) is 1. The molecule has 0 saturated heterocycles. The minimum absolute atomic E-state index is 0.0490. The minimum atomic E-state index is 0.0490. The lowest BCUT2D eigenvalue weighted by molar-refractivity contribution is 0.0793. The fourth-order valence-corrected chi connectivity index (χ4v) is 1.85. The van der Waals surface area contributed by atoms with Crippen molar-refractivity contribution in [1.29, 1.82) is 0 Å². The number of carbonyl (C=O) groups excluding carboxylic acids is 1. The van der Waals surface area contributed by atoms with Crippen LogP contribution in [0.3, 0.4) is 0 Å². The van der Waals surface area contributed by atoms with Crippen LogP contribution in [0.15, 0.2) is 18.2 Å². The number of carbonyl (C=O) groups is 1. The highest BCUT2D eigenvalue weighted by molar-refractivity contribution is 5.94. The third kappa shape index (κ3) is 4.76. The zero-order valence-electron chi connectivity index (χ0n) is 12.0. The highest BCUT2D eigenvalue weighted by Crippen LogP contribution is 2.11. The van der Waals surface area contributed by atoms with Crippen LogP contribution in [0, 0.1) is 18.8 Å². The van der Waals surface area contributed by atoms with Crippen molar-refractivity contribution < 1.29 is 4.79 Å². The Kier molecular flexibility index (Phi) is 6.11. The third-order valence-corrected chi connectivity index (χ3v) is 2.85. The summed E-state index contributed by atoms with van der Waals surface area (Å²) in [6.45, 7) is 5.20. The molecule has 0 aliphatic carbocycles. The molecule has 2 N–H and O–H groups in total. The van der Waals surface area contributed by atoms with Crippen molar-refractivity contribution >= 4 is 5.91 Å². The summed E-state index contributed by atoms with van der Waals surface area (Å²) in [5, 5.41) is 0. The average Bonchev–Trinajstić information content (AvgIpc) is 2.41. The van der Waals surface area contributed by atoms with Crippen molar-refractivity contribution in [3.05, 3.63) is 34.9 Å². The van der Waals surface area contributed by atoms with E-state index in [0.29, 0.717) is 12.1 Å². The Morgan fingerprint density at radius 2 is 2.11 bits per heavy atom. The maximum absolute atomic E-state index is 12.3. The van der Waals surface area contributed by atoms with E-state index < -0.39 is 0 Å². The van der Waals surface area contributed by atoms with Gasteiger partial charge in [0.05, 0.1) is 6.54 Å². The summed E-state index contributed by atoms with van der Waals surface area (Å²) in [5.74, 6) is 5.84. The molecule has 3 nitrogen and oxygen atoms in total. The lowest BCUT2D eigenvalue weighted by Gasteiger charge is -2.17. The number of benzene rings is 1. The molecule has 1 amide bonds. The highest BCUT2D eigenvalue weighted by atomic mass is 16.2. The third-order valence-electron chi connectivity index (χ3n) is 2.85. The van der Waals surface area contributed by atoms with Crippen molar-refractivity contribution in [2.24, 2.45) is 5.73 Å². The van der Waals surface area contributed by atoms with Gasteiger partial charge in [0.1, 0.15) is 0 Å². The highest BCUT2D eigenvalue weighted by Gasteiger charge is 2.11. The quantitative estimate of drug-likeness (QED) is 0.841. The first-order valence-electron chi connectivity index (χ1n) is 6.64. The van der Waals surface area contributed by atoms with Crippen LogP contribution in [0.25, 0.3) is 0 Å². The summed E-state index contributed by atoms with van der Waals surface area (Å²) < 4.78 is 0. The molecule has 0 aliphatic heterocycles. The van der Waals surface area contributed by atoms with Crippen LogP contribution >= 0.6 is 0 Å². The molecule has 0 spiro atoms. The number of unbranched alkanes of at least 4 members (excludes halogenated alkanes) is 1. The first-order valence-corrected chi connectivity index (χ1v) is 6.64. The predicted octanol–water partition coefficient (Wildman–Crippen LogP) is 2.18. The van der Waals surface area contributed by atoms with Crippen molar-refractivity contribution in [3.63, 3.8) is 0 Å². The van der Waals surface area contributed by atoms with Gasteiger partial charge in [-0.2, -0.15) is 0 Å². The van der Waals surface area contributed by atoms with E-state index >= 15 is 0 Å². The second-order valence-electron chi connectivity index (χ2n) is 4.67. The molecule has 1 aromatic carbocycles. The molecule has 0 heterocycles. The largest absolute Gasteiger partial charge is 0.342 e. The van der Waals surface area contributed by atoms with Gasteiger partial charge in [-0.25, -0.2) is 0 Å². The lowest BCUT2D eigenvalue weighted by atomic mass is 10.1. The van der Waals surface area contributed by atoms with Crippen LogP contribution in [0.1, 0.15) is 41.3 Å². The van der Waals surface area contributed by atoms with Crippen LogP contribution in [0.2, 0.25) is 0 Å². The second kappa shape index (κ2) is 7.60. The summed E-state index contributed by atoms with van der Waals surface area (Å²) in [6.07, 6.45) is 2.10. The van der Waals surface area contributed by atoms with Gasteiger partial charge in [-0.1, -0.05) is 25.2 Å². The van der Waals surface area contributed by atoms with Gasteiger partial charge in [-0.15, -0.1) is 0 Å². The minimum Gasteiger partial charge on any atom is -0.342 e. The van der Waals surface area contributed by atoms with Gasteiger partial charge in [-0.05, 0) is 37.1 Å². The van der Waals surface area contributed by atoms with Crippen molar-refractivity contribution in [1.82, 2.24) is 4.90 Å². The first kappa shape index (κ1) is 15.3. The van der Waals surface area contributed by atoms with Crippen LogP contribution in [-0.2, 0) is 0 Å². The molecule has 0 aromatic heterocycles. The number of hydrogen-bond acceptors (Lipinski definition) is 2. The molecule has 0 bridgehead atoms. The van der Waals surface area contributed by atoms with E-state index in [2.05, 4.69) is 18.8 Å². The number of aryl methyl sites for hydroxylation is 1. The number of amides is 1. The first-order chi connectivity index (χ1) is 9.08. The fourth-order valence-electron chi connectivity index (χ4n) is 1.85. The van der Waals surface area contributed by atoms with E-state index in [1.807, 2.05) is 32.2 Å². The fraction of sp³-hybridized carbons (Fsp3) is 0.438. The van der Waals surface area contributed by atoms with Gasteiger partial charge in [0, 0.05) is 24.7 Å². The Bertz CT molecular complexity index is 497. The standard InChI is InChI=1S/C16H22N2O/c1-4-5-9-18(3)16(19)15-11-13(2)10-14(12-15)7-6-8-17/h10-12H,4-5,8-9,17H2,1-3H3. The van der Waals surface area contributed by atoms with Crippen molar-refractivity contribution in [3.8, 4) is 11.8 Å².